The molecule has 0 amide bonds. The molecule has 1 aromatic rings. The number of ether oxygens (including phenoxy) is 2. The van der Waals surface area contributed by atoms with Crippen molar-refractivity contribution in [1.82, 2.24) is 0 Å². The van der Waals surface area contributed by atoms with Gasteiger partial charge in [0.25, 0.3) is 0 Å². The van der Waals surface area contributed by atoms with Crippen LogP contribution in [0.1, 0.15) is 62.1 Å². The van der Waals surface area contributed by atoms with E-state index in [1.165, 1.54) is 16.7 Å². The molecule has 124 valence electrons. The molecule has 0 aliphatic heterocycles. The van der Waals surface area contributed by atoms with E-state index in [0.29, 0.717) is 18.1 Å². The predicted octanol–water partition coefficient (Wildman–Crippen LogP) is 4.37. The fraction of sp³-hybridized carbons (Fsp3) is 0.550. The number of Topliss-reactive ketones (excluding diaryl/α,β-unsaturated/α-hetero) is 1. The van der Waals surface area contributed by atoms with Gasteiger partial charge in [-0.1, -0.05) is 25.5 Å². The van der Waals surface area contributed by atoms with Crippen LogP contribution in [0.3, 0.4) is 0 Å². The molecule has 0 fully saturated rings. The molecule has 0 unspecified atom stereocenters. The Morgan fingerprint density at radius 2 is 1.74 bits per heavy atom. The molecule has 0 heterocycles. The van der Waals surface area contributed by atoms with Crippen LogP contribution in [0.25, 0.3) is 0 Å². The molecular formula is C20H26O3. The van der Waals surface area contributed by atoms with Gasteiger partial charge in [-0.05, 0) is 42.7 Å². The number of methoxy groups -OCH3 is 2. The van der Waals surface area contributed by atoms with Crippen molar-refractivity contribution in [1.29, 1.82) is 0 Å². The first-order valence-electron chi connectivity index (χ1n) is 8.57. The number of hydrogen-bond acceptors (Lipinski definition) is 3. The van der Waals surface area contributed by atoms with E-state index >= 15 is 0 Å². The molecule has 3 heteroatoms. The summed E-state index contributed by atoms with van der Waals surface area (Å²) in [5, 5.41) is 0. The number of allylic oxidation sites excluding steroid dienone is 2. The second kappa shape index (κ2) is 6.38. The zero-order chi connectivity index (χ0) is 16.6. The van der Waals surface area contributed by atoms with Crippen molar-refractivity contribution in [2.45, 2.75) is 58.3 Å². The van der Waals surface area contributed by atoms with Crippen LogP contribution in [0.4, 0.5) is 0 Å². The van der Waals surface area contributed by atoms with Crippen molar-refractivity contribution in [2.75, 3.05) is 14.2 Å². The highest BCUT2D eigenvalue weighted by Gasteiger charge is 2.28. The van der Waals surface area contributed by atoms with Gasteiger partial charge in [-0.3, -0.25) is 4.79 Å². The monoisotopic (exact) mass is 314 g/mol. The second-order valence-corrected chi connectivity index (χ2v) is 6.86. The third-order valence-corrected chi connectivity index (χ3v) is 5.18. The second-order valence-electron chi connectivity index (χ2n) is 6.86. The maximum atomic E-state index is 12.4. The Morgan fingerprint density at radius 3 is 2.39 bits per heavy atom. The maximum absolute atomic E-state index is 12.4. The molecule has 0 saturated heterocycles. The van der Waals surface area contributed by atoms with Gasteiger partial charge in [-0.25, -0.2) is 0 Å². The van der Waals surface area contributed by atoms with E-state index in [4.69, 9.17) is 9.47 Å². The topological polar surface area (TPSA) is 35.5 Å². The smallest absolute Gasteiger partial charge is 0.164 e. The zero-order valence-electron chi connectivity index (χ0n) is 14.6. The molecule has 2 aliphatic rings. The average molecular weight is 314 g/mol. The normalized spacial score (nSPS) is 17.7. The summed E-state index contributed by atoms with van der Waals surface area (Å²) in [5.41, 5.74) is 6.06. The van der Waals surface area contributed by atoms with Crippen LogP contribution in [0.5, 0.6) is 11.5 Å². The van der Waals surface area contributed by atoms with Crippen molar-refractivity contribution < 1.29 is 14.3 Å². The van der Waals surface area contributed by atoms with Gasteiger partial charge >= 0.3 is 0 Å². The average Bonchev–Trinajstić information content (AvgIpc) is 2.73. The van der Waals surface area contributed by atoms with Crippen LogP contribution in [0.2, 0.25) is 0 Å². The molecule has 0 N–H and O–H groups in total. The highest BCUT2D eigenvalue weighted by atomic mass is 16.5. The van der Waals surface area contributed by atoms with E-state index in [1.807, 2.05) is 0 Å². The van der Waals surface area contributed by atoms with Gasteiger partial charge in [0.1, 0.15) is 0 Å². The minimum absolute atomic E-state index is 0.347. The number of ketones is 1. The summed E-state index contributed by atoms with van der Waals surface area (Å²) in [6.45, 7) is 4.33. The van der Waals surface area contributed by atoms with Gasteiger partial charge in [-0.2, -0.15) is 0 Å². The third kappa shape index (κ3) is 2.77. The fourth-order valence-electron chi connectivity index (χ4n) is 3.97. The summed E-state index contributed by atoms with van der Waals surface area (Å²) in [7, 11) is 3.42. The van der Waals surface area contributed by atoms with Crippen LogP contribution in [-0.4, -0.2) is 20.0 Å². The lowest BCUT2D eigenvalue weighted by atomic mass is 9.86. The highest BCUT2D eigenvalue weighted by Crippen LogP contribution is 2.44. The first kappa shape index (κ1) is 16.1. The largest absolute Gasteiger partial charge is 0.493 e. The quantitative estimate of drug-likeness (QED) is 0.831. The zero-order valence-corrected chi connectivity index (χ0v) is 14.6. The summed E-state index contributed by atoms with van der Waals surface area (Å²) in [4.78, 5) is 12.4. The van der Waals surface area contributed by atoms with Gasteiger partial charge in [0.2, 0.25) is 0 Å². The Morgan fingerprint density at radius 1 is 1.00 bits per heavy atom. The maximum Gasteiger partial charge on any atom is 0.164 e. The van der Waals surface area contributed by atoms with Crippen LogP contribution >= 0.6 is 0 Å². The Labute approximate surface area is 138 Å². The van der Waals surface area contributed by atoms with Crippen molar-refractivity contribution in [2.24, 2.45) is 0 Å². The van der Waals surface area contributed by atoms with Gasteiger partial charge in [0, 0.05) is 24.0 Å². The molecule has 0 spiro atoms. The van der Waals surface area contributed by atoms with Crippen LogP contribution < -0.4 is 9.47 Å². The van der Waals surface area contributed by atoms with E-state index in [0.717, 1.165) is 54.7 Å². The first-order chi connectivity index (χ1) is 11.1. The summed E-state index contributed by atoms with van der Waals surface area (Å²) < 4.78 is 11.4. The fourth-order valence-corrected chi connectivity index (χ4v) is 3.97. The van der Waals surface area contributed by atoms with Crippen LogP contribution in [0.15, 0.2) is 17.2 Å². The Kier molecular flexibility index (Phi) is 4.47. The molecule has 0 bridgehead atoms. The molecule has 2 aliphatic carbocycles. The molecule has 0 aromatic heterocycles. The summed E-state index contributed by atoms with van der Waals surface area (Å²) in [5.74, 6) is 2.41. The first-order valence-corrected chi connectivity index (χ1v) is 8.57. The highest BCUT2D eigenvalue weighted by molar-refractivity contribution is 5.97. The molecule has 0 atom stereocenters. The minimum atomic E-state index is 0.347. The summed E-state index contributed by atoms with van der Waals surface area (Å²) in [6.07, 6.45) is 5.44. The predicted molar refractivity (Wildman–Crippen MR) is 91.5 cm³/mol. The van der Waals surface area contributed by atoms with Crippen molar-refractivity contribution >= 4 is 5.78 Å². The van der Waals surface area contributed by atoms with E-state index in [-0.39, 0.29) is 0 Å². The molecule has 23 heavy (non-hydrogen) atoms. The van der Waals surface area contributed by atoms with Gasteiger partial charge in [0.15, 0.2) is 17.3 Å². The van der Waals surface area contributed by atoms with Crippen LogP contribution in [0, 0.1) is 0 Å². The van der Waals surface area contributed by atoms with Crippen molar-refractivity contribution in [3.63, 3.8) is 0 Å². The van der Waals surface area contributed by atoms with Crippen molar-refractivity contribution in [3.8, 4) is 11.5 Å². The van der Waals surface area contributed by atoms with Crippen LogP contribution in [-0.2, 0) is 17.6 Å². The molecular weight excluding hydrogens is 288 g/mol. The Hall–Kier alpha value is -1.77. The van der Waals surface area contributed by atoms with Gasteiger partial charge < -0.3 is 9.47 Å². The van der Waals surface area contributed by atoms with E-state index in [9.17, 15) is 4.79 Å². The number of carbonyl (C=O) groups excluding carboxylic acids is 1. The standard InChI is InChI=1S/C20H26O3/c1-12(2)16-10-14-11-17-13(6-5-7-18(17)21)8-9-15(14)19(22-3)20(16)23-4/h10,12H,5-9,11H2,1-4H3. The lowest BCUT2D eigenvalue weighted by Crippen LogP contribution is -2.13. The number of fused-ring (bicyclic) bond motifs is 1. The number of hydrogen-bond donors (Lipinski definition) is 0. The number of rotatable bonds is 3. The molecule has 3 rings (SSSR count). The number of benzene rings is 1. The molecule has 1 aromatic carbocycles. The molecule has 0 radical (unpaired) electrons. The molecule has 3 nitrogen and oxygen atoms in total. The van der Waals surface area contributed by atoms with Gasteiger partial charge in [0.05, 0.1) is 14.2 Å². The van der Waals surface area contributed by atoms with E-state index in [1.54, 1.807) is 14.2 Å². The minimum Gasteiger partial charge on any atom is -0.493 e. The summed E-state index contributed by atoms with van der Waals surface area (Å²) in [6, 6.07) is 2.24. The Bertz CT molecular complexity index is 668. The lowest BCUT2D eigenvalue weighted by Gasteiger charge is -2.21. The van der Waals surface area contributed by atoms with E-state index in [2.05, 4.69) is 19.9 Å². The molecule has 0 saturated carbocycles. The van der Waals surface area contributed by atoms with E-state index < -0.39 is 0 Å². The number of carbonyl (C=O) groups is 1. The Balaban J connectivity index is 2.15. The lowest BCUT2D eigenvalue weighted by molar-refractivity contribution is -0.116. The van der Waals surface area contributed by atoms with Crippen molar-refractivity contribution in [3.05, 3.63) is 33.9 Å². The summed E-state index contributed by atoms with van der Waals surface area (Å²) >= 11 is 0. The SMILES string of the molecule is COc1c(C(C)C)cc2c(c1OC)CCC1=C(C2)C(=O)CCC1. The third-order valence-electron chi connectivity index (χ3n) is 5.18. The van der Waals surface area contributed by atoms with Gasteiger partial charge in [-0.15, -0.1) is 0 Å².